The number of anilines is 1. The number of nitrogens with one attached hydrogen (secondary N) is 1. The average Bonchev–Trinajstić information content (AvgIpc) is 3.03. The van der Waals surface area contributed by atoms with E-state index in [9.17, 15) is 10.1 Å². The fraction of sp³-hybridized carbons (Fsp3) is 0.643. The first-order valence-corrected chi connectivity index (χ1v) is 7.49. The zero-order chi connectivity index (χ0) is 14.3. The van der Waals surface area contributed by atoms with Crippen molar-refractivity contribution in [1.29, 1.82) is 0 Å². The van der Waals surface area contributed by atoms with Gasteiger partial charge in [-0.1, -0.05) is 18.0 Å². The molecule has 0 spiro atoms. The minimum Gasteiger partial charge on any atom is -0.366 e. The summed E-state index contributed by atoms with van der Waals surface area (Å²) in [6.07, 6.45) is 6.61. The lowest BCUT2D eigenvalue weighted by atomic mass is 9.84. The Balaban J connectivity index is 1.70. The Morgan fingerprint density at radius 2 is 2.30 bits per heavy atom. The highest BCUT2D eigenvalue weighted by molar-refractivity contribution is 6.33. The van der Waals surface area contributed by atoms with Crippen molar-refractivity contribution >= 4 is 23.1 Å². The number of pyridine rings is 1. The Morgan fingerprint density at radius 1 is 1.50 bits per heavy atom. The molecule has 2 aliphatic rings. The second kappa shape index (κ2) is 5.20. The molecule has 0 aliphatic heterocycles. The van der Waals surface area contributed by atoms with Crippen LogP contribution in [0.5, 0.6) is 0 Å². The summed E-state index contributed by atoms with van der Waals surface area (Å²) in [7, 11) is 0. The molecule has 1 heterocycles. The van der Waals surface area contributed by atoms with E-state index in [1.54, 1.807) is 0 Å². The molecule has 5 nitrogen and oxygen atoms in total. The molecule has 0 radical (unpaired) electrons. The molecule has 1 aromatic heterocycles. The highest BCUT2D eigenvalue weighted by Gasteiger charge is 2.41. The molecule has 6 heteroatoms. The van der Waals surface area contributed by atoms with Gasteiger partial charge in [0, 0.05) is 12.1 Å². The van der Waals surface area contributed by atoms with E-state index in [4.69, 9.17) is 11.6 Å². The first kappa shape index (κ1) is 13.6. The minimum atomic E-state index is -0.484. The normalized spacial score (nSPS) is 29.4. The largest absolute Gasteiger partial charge is 0.366 e. The van der Waals surface area contributed by atoms with E-state index in [1.165, 1.54) is 37.9 Å². The van der Waals surface area contributed by atoms with Crippen molar-refractivity contribution in [3.63, 3.8) is 0 Å². The maximum Gasteiger partial charge on any atom is 0.289 e. The molecule has 4 atom stereocenters. The maximum absolute atomic E-state index is 10.7. The molecule has 0 amide bonds. The van der Waals surface area contributed by atoms with E-state index < -0.39 is 4.92 Å². The Bertz CT molecular complexity index is 537. The molecule has 0 saturated heterocycles. The van der Waals surface area contributed by atoms with Gasteiger partial charge in [0.25, 0.3) is 5.69 Å². The number of aromatic nitrogens is 1. The van der Waals surface area contributed by atoms with Crippen molar-refractivity contribution in [1.82, 2.24) is 4.98 Å². The number of hydrogen-bond acceptors (Lipinski definition) is 4. The Morgan fingerprint density at radius 3 is 2.85 bits per heavy atom. The standard InChI is InChI=1S/C14H18ClN3O2/c1-8(12-5-9-2-3-10(12)4-9)17-14-13(15)6-11(7-16-14)18(19)20/h6-10,12H,2-5H2,1H3,(H,16,17). The third-order valence-electron chi connectivity index (χ3n) is 4.84. The fourth-order valence-electron chi connectivity index (χ4n) is 3.86. The smallest absolute Gasteiger partial charge is 0.289 e. The number of nitrogens with zero attached hydrogens (tertiary/aromatic N) is 2. The minimum absolute atomic E-state index is 0.0758. The van der Waals surface area contributed by atoms with Gasteiger partial charge in [-0.2, -0.15) is 0 Å². The van der Waals surface area contributed by atoms with Crippen molar-refractivity contribution in [3.05, 3.63) is 27.4 Å². The van der Waals surface area contributed by atoms with E-state index in [0.717, 1.165) is 11.8 Å². The van der Waals surface area contributed by atoms with Gasteiger partial charge in [0.15, 0.2) is 0 Å². The highest BCUT2D eigenvalue weighted by atomic mass is 35.5. The van der Waals surface area contributed by atoms with Crippen molar-refractivity contribution < 1.29 is 4.92 Å². The van der Waals surface area contributed by atoms with Crippen LogP contribution in [0, 0.1) is 27.9 Å². The lowest BCUT2D eigenvalue weighted by Gasteiger charge is -2.29. The molecule has 0 aromatic carbocycles. The zero-order valence-electron chi connectivity index (χ0n) is 11.4. The van der Waals surface area contributed by atoms with Gasteiger partial charge in [-0.25, -0.2) is 4.98 Å². The Labute approximate surface area is 122 Å². The summed E-state index contributed by atoms with van der Waals surface area (Å²) in [5.41, 5.74) is -0.0758. The number of rotatable bonds is 4. The van der Waals surface area contributed by atoms with Crippen LogP contribution >= 0.6 is 11.6 Å². The summed E-state index contributed by atoms with van der Waals surface area (Å²) in [5, 5.41) is 14.3. The van der Waals surface area contributed by atoms with E-state index in [0.29, 0.717) is 22.8 Å². The number of nitro groups is 1. The van der Waals surface area contributed by atoms with Gasteiger partial charge in [-0.15, -0.1) is 0 Å². The van der Waals surface area contributed by atoms with Crippen LogP contribution in [0.15, 0.2) is 12.3 Å². The summed E-state index contributed by atoms with van der Waals surface area (Å²) in [5.74, 6) is 2.93. The summed E-state index contributed by atoms with van der Waals surface area (Å²) >= 11 is 6.07. The zero-order valence-corrected chi connectivity index (χ0v) is 12.1. The lowest BCUT2D eigenvalue weighted by Crippen LogP contribution is -2.30. The molecule has 2 fully saturated rings. The molecular formula is C14H18ClN3O2. The first-order valence-electron chi connectivity index (χ1n) is 7.11. The molecule has 108 valence electrons. The third kappa shape index (κ3) is 2.46. The summed E-state index contributed by atoms with van der Waals surface area (Å²) in [6.45, 7) is 2.16. The topological polar surface area (TPSA) is 68.1 Å². The SMILES string of the molecule is CC(Nc1ncc([N+](=O)[O-])cc1Cl)C1CC2CCC1C2. The monoisotopic (exact) mass is 295 g/mol. The van der Waals surface area contributed by atoms with Gasteiger partial charge in [0.1, 0.15) is 12.0 Å². The predicted octanol–water partition coefficient (Wildman–Crippen LogP) is 3.88. The van der Waals surface area contributed by atoms with Crippen LogP contribution in [0.2, 0.25) is 5.02 Å². The van der Waals surface area contributed by atoms with E-state index >= 15 is 0 Å². The number of hydrogen-bond donors (Lipinski definition) is 1. The van der Waals surface area contributed by atoms with E-state index in [1.807, 2.05) is 0 Å². The second-order valence-electron chi connectivity index (χ2n) is 6.05. The molecule has 1 aromatic rings. The quantitative estimate of drug-likeness (QED) is 0.676. The lowest BCUT2D eigenvalue weighted by molar-refractivity contribution is -0.385. The van der Waals surface area contributed by atoms with Crippen molar-refractivity contribution in [2.75, 3.05) is 5.32 Å². The third-order valence-corrected chi connectivity index (χ3v) is 5.13. The molecular weight excluding hydrogens is 278 g/mol. The van der Waals surface area contributed by atoms with Crippen LogP contribution in [0.3, 0.4) is 0 Å². The summed E-state index contributed by atoms with van der Waals surface area (Å²) < 4.78 is 0. The summed E-state index contributed by atoms with van der Waals surface area (Å²) in [6, 6.07) is 1.65. The van der Waals surface area contributed by atoms with Crippen LogP contribution in [-0.2, 0) is 0 Å². The fourth-order valence-corrected chi connectivity index (χ4v) is 4.08. The molecule has 2 saturated carbocycles. The van der Waals surface area contributed by atoms with Crippen LogP contribution in [0.4, 0.5) is 11.5 Å². The van der Waals surface area contributed by atoms with Gasteiger partial charge in [0.05, 0.1) is 9.95 Å². The molecule has 2 aliphatic carbocycles. The van der Waals surface area contributed by atoms with Crippen LogP contribution in [-0.4, -0.2) is 15.9 Å². The maximum atomic E-state index is 10.7. The van der Waals surface area contributed by atoms with Crippen LogP contribution < -0.4 is 5.32 Å². The Kier molecular flexibility index (Phi) is 3.54. The molecule has 20 heavy (non-hydrogen) atoms. The van der Waals surface area contributed by atoms with Gasteiger partial charge < -0.3 is 5.32 Å². The van der Waals surface area contributed by atoms with Crippen LogP contribution in [0.25, 0.3) is 0 Å². The molecule has 1 N–H and O–H groups in total. The summed E-state index contributed by atoms with van der Waals surface area (Å²) in [4.78, 5) is 14.3. The number of halogens is 1. The van der Waals surface area contributed by atoms with Crippen molar-refractivity contribution in [2.24, 2.45) is 17.8 Å². The van der Waals surface area contributed by atoms with Gasteiger partial charge in [-0.3, -0.25) is 10.1 Å². The van der Waals surface area contributed by atoms with Gasteiger partial charge >= 0.3 is 0 Å². The molecule has 2 bridgehead atoms. The van der Waals surface area contributed by atoms with E-state index in [2.05, 4.69) is 17.2 Å². The van der Waals surface area contributed by atoms with Gasteiger partial charge in [-0.05, 0) is 43.9 Å². The van der Waals surface area contributed by atoms with E-state index in [-0.39, 0.29) is 5.69 Å². The van der Waals surface area contributed by atoms with Crippen molar-refractivity contribution in [3.8, 4) is 0 Å². The average molecular weight is 296 g/mol. The Hall–Kier alpha value is -1.36. The predicted molar refractivity (Wildman–Crippen MR) is 77.9 cm³/mol. The van der Waals surface area contributed by atoms with Crippen molar-refractivity contribution in [2.45, 2.75) is 38.6 Å². The number of fused-ring (bicyclic) bond motifs is 2. The molecule has 4 unspecified atom stereocenters. The molecule has 3 rings (SSSR count). The second-order valence-corrected chi connectivity index (χ2v) is 6.46. The van der Waals surface area contributed by atoms with Gasteiger partial charge in [0.2, 0.25) is 0 Å². The van der Waals surface area contributed by atoms with Crippen LogP contribution in [0.1, 0.15) is 32.6 Å². The first-order chi connectivity index (χ1) is 9.54. The highest BCUT2D eigenvalue weighted by Crippen LogP contribution is 2.49.